The molecule has 1 aliphatic rings. The predicted molar refractivity (Wildman–Crippen MR) is 112 cm³/mol. The third-order valence-electron chi connectivity index (χ3n) is 4.97. The summed E-state index contributed by atoms with van der Waals surface area (Å²) in [4.78, 5) is 29.2. The summed E-state index contributed by atoms with van der Waals surface area (Å²) >= 11 is 0. The first kappa shape index (κ1) is 19.8. The van der Waals surface area contributed by atoms with Crippen molar-refractivity contribution in [3.05, 3.63) is 70.6 Å². The molecule has 1 heterocycles. The smallest absolute Gasteiger partial charge is 0.274 e. The van der Waals surface area contributed by atoms with E-state index in [1.807, 2.05) is 32.0 Å². The number of benzene rings is 1. The second-order valence-electron chi connectivity index (χ2n) is 7.29. The molecule has 0 radical (unpaired) electrons. The Kier molecular flexibility index (Phi) is 6.58. The Balaban J connectivity index is 1.60. The van der Waals surface area contributed by atoms with Crippen LogP contribution in [-0.4, -0.2) is 23.3 Å². The fraction of sp³-hybridized carbons (Fsp3) is 0.348. The number of rotatable bonds is 6. The van der Waals surface area contributed by atoms with Crippen molar-refractivity contribution in [2.24, 2.45) is 0 Å². The number of aromatic nitrogens is 1. The topological polar surface area (TPSA) is 71.1 Å². The summed E-state index contributed by atoms with van der Waals surface area (Å²) in [6, 6.07) is 10.8. The van der Waals surface area contributed by atoms with Gasteiger partial charge in [0, 0.05) is 12.2 Å². The maximum atomic E-state index is 12.6. The van der Waals surface area contributed by atoms with Crippen LogP contribution >= 0.6 is 0 Å². The van der Waals surface area contributed by atoms with E-state index < -0.39 is 0 Å². The Morgan fingerprint density at radius 3 is 2.57 bits per heavy atom. The molecule has 28 heavy (non-hydrogen) atoms. The molecule has 0 spiro atoms. The van der Waals surface area contributed by atoms with Gasteiger partial charge < -0.3 is 10.6 Å². The number of carbonyl (C=O) groups excluding carboxylic acids is 2. The minimum Gasteiger partial charge on any atom is -0.350 e. The van der Waals surface area contributed by atoms with Crippen molar-refractivity contribution in [1.29, 1.82) is 0 Å². The first-order valence-electron chi connectivity index (χ1n) is 9.85. The molecule has 0 saturated heterocycles. The predicted octanol–water partition coefficient (Wildman–Crippen LogP) is 4.57. The van der Waals surface area contributed by atoms with Gasteiger partial charge in [0.2, 0.25) is 0 Å². The van der Waals surface area contributed by atoms with Gasteiger partial charge >= 0.3 is 0 Å². The fourth-order valence-electron chi connectivity index (χ4n) is 3.30. The summed E-state index contributed by atoms with van der Waals surface area (Å²) in [7, 11) is 0. The lowest BCUT2D eigenvalue weighted by Gasteiger charge is -2.13. The molecular weight excluding hydrogens is 350 g/mol. The first-order chi connectivity index (χ1) is 13.5. The highest BCUT2D eigenvalue weighted by atomic mass is 16.2. The molecule has 5 nitrogen and oxygen atoms in total. The van der Waals surface area contributed by atoms with Crippen LogP contribution in [0.5, 0.6) is 0 Å². The lowest BCUT2D eigenvalue weighted by atomic mass is 9.97. The molecule has 0 saturated carbocycles. The van der Waals surface area contributed by atoms with E-state index in [0.29, 0.717) is 6.54 Å². The van der Waals surface area contributed by atoms with Crippen LogP contribution in [0.2, 0.25) is 0 Å². The van der Waals surface area contributed by atoms with Crippen molar-refractivity contribution in [3.63, 3.8) is 0 Å². The van der Waals surface area contributed by atoms with E-state index >= 15 is 0 Å². The largest absolute Gasteiger partial charge is 0.350 e. The fourth-order valence-corrected chi connectivity index (χ4v) is 3.30. The standard InChI is InChI=1S/C23H27N3O2/c1-16-11-12-17(2)21(15-16)26-23(28)20-10-6-9-19(25-20)22(27)24-14-13-18-7-4-3-5-8-18/h6-7,9-12,15H,3-5,8,13-14H2,1-2H3,(H,24,27)(H,26,28). The highest BCUT2D eigenvalue weighted by Crippen LogP contribution is 2.19. The maximum Gasteiger partial charge on any atom is 0.274 e. The quantitative estimate of drug-likeness (QED) is 0.724. The number of hydrogen-bond donors (Lipinski definition) is 2. The Bertz CT molecular complexity index is 902. The number of pyridine rings is 1. The third kappa shape index (κ3) is 5.28. The Morgan fingerprint density at radius 1 is 1.04 bits per heavy atom. The van der Waals surface area contributed by atoms with Gasteiger partial charge in [-0.25, -0.2) is 4.98 Å². The van der Waals surface area contributed by atoms with E-state index in [4.69, 9.17) is 0 Å². The van der Waals surface area contributed by atoms with Gasteiger partial charge in [0.1, 0.15) is 11.4 Å². The summed E-state index contributed by atoms with van der Waals surface area (Å²) in [6.45, 7) is 4.50. The lowest BCUT2D eigenvalue weighted by Crippen LogP contribution is -2.26. The van der Waals surface area contributed by atoms with Crippen molar-refractivity contribution in [1.82, 2.24) is 10.3 Å². The molecule has 1 aromatic carbocycles. The minimum absolute atomic E-state index is 0.226. The normalized spacial score (nSPS) is 13.6. The van der Waals surface area contributed by atoms with Gasteiger partial charge in [-0.2, -0.15) is 0 Å². The zero-order valence-electron chi connectivity index (χ0n) is 16.5. The molecule has 0 unspecified atom stereocenters. The van der Waals surface area contributed by atoms with Crippen molar-refractivity contribution >= 4 is 17.5 Å². The SMILES string of the molecule is Cc1ccc(C)c(NC(=O)c2cccc(C(=O)NCCC3=CCCCC3)n2)c1. The average Bonchev–Trinajstić information content (AvgIpc) is 2.71. The second kappa shape index (κ2) is 9.31. The van der Waals surface area contributed by atoms with E-state index in [0.717, 1.165) is 36.1 Å². The zero-order valence-corrected chi connectivity index (χ0v) is 16.5. The molecule has 0 fully saturated rings. The number of nitrogens with one attached hydrogen (secondary N) is 2. The summed E-state index contributed by atoms with van der Waals surface area (Å²) in [5.74, 6) is -0.575. The number of amides is 2. The Labute approximate surface area is 166 Å². The molecule has 2 amide bonds. The Hall–Kier alpha value is -2.95. The van der Waals surface area contributed by atoms with Gasteiger partial charge in [0.25, 0.3) is 11.8 Å². The summed E-state index contributed by atoms with van der Waals surface area (Å²) < 4.78 is 0. The summed E-state index contributed by atoms with van der Waals surface area (Å²) in [6.07, 6.45) is 7.92. The maximum absolute atomic E-state index is 12.6. The molecule has 0 bridgehead atoms. The highest BCUT2D eigenvalue weighted by molar-refractivity contribution is 6.04. The number of anilines is 1. The van der Waals surface area contributed by atoms with Gasteiger partial charge in [-0.15, -0.1) is 0 Å². The molecule has 2 N–H and O–H groups in total. The van der Waals surface area contributed by atoms with Gasteiger partial charge in [0.15, 0.2) is 0 Å². The first-order valence-corrected chi connectivity index (χ1v) is 9.85. The molecule has 3 rings (SSSR count). The van der Waals surface area contributed by atoms with Gasteiger partial charge in [-0.05, 0) is 75.3 Å². The van der Waals surface area contributed by atoms with E-state index in [9.17, 15) is 9.59 Å². The molecule has 0 atom stereocenters. The molecule has 1 aliphatic carbocycles. The van der Waals surface area contributed by atoms with Crippen molar-refractivity contribution in [2.75, 3.05) is 11.9 Å². The van der Waals surface area contributed by atoms with Crippen LogP contribution < -0.4 is 10.6 Å². The summed E-state index contributed by atoms with van der Waals surface area (Å²) in [5.41, 5.74) is 4.69. The number of aryl methyl sites for hydroxylation is 2. The minimum atomic E-state index is -0.323. The van der Waals surface area contributed by atoms with Crippen LogP contribution in [-0.2, 0) is 0 Å². The van der Waals surface area contributed by atoms with E-state index in [1.54, 1.807) is 18.2 Å². The van der Waals surface area contributed by atoms with Crippen LogP contribution in [0, 0.1) is 13.8 Å². The summed E-state index contributed by atoms with van der Waals surface area (Å²) in [5, 5.41) is 5.78. The van der Waals surface area contributed by atoms with E-state index in [-0.39, 0.29) is 23.2 Å². The number of allylic oxidation sites excluding steroid dienone is 1. The highest BCUT2D eigenvalue weighted by Gasteiger charge is 2.13. The lowest BCUT2D eigenvalue weighted by molar-refractivity contribution is 0.0949. The van der Waals surface area contributed by atoms with Crippen molar-refractivity contribution < 1.29 is 9.59 Å². The average molecular weight is 377 g/mol. The third-order valence-corrected chi connectivity index (χ3v) is 4.97. The molecule has 1 aromatic heterocycles. The second-order valence-corrected chi connectivity index (χ2v) is 7.29. The van der Waals surface area contributed by atoms with E-state index in [2.05, 4.69) is 21.7 Å². The number of hydrogen-bond acceptors (Lipinski definition) is 3. The van der Waals surface area contributed by atoms with Crippen LogP contribution in [0.3, 0.4) is 0 Å². The van der Waals surface area contributed by atoms with Gasteiger partial charge in [0.05, 0.1) is 0 Å². The molecule has 0 aliphatic heterocycles. The number of carbonyl (C=O) groups is 2. The molecule has 5 heteroatoms. The molecule has 146 valence electrons. The van der Waals surface area contributed by atoms with Gasteiger partial charge in [-0.3, -0.25) is 9.59 Å². The van der Waals surface area contributed by atoms with Crippen LogP contribution in [0.25, 0.3) is 0 Å². The number of nitrogens with zero attached hydrogens (tertiary/aromatic N) is 1. The van der Waals surface area contributed by atoms with Crippen LogP contribution in [0.1, 0.15) is 64.2 Å². The van der Waals surface area contributed by atoms with E-state index in [1.165, 1.54) is 18.4 Å². The monoisotopic (exact) mass is 377 g/mol. The Morgan fingerprint density at radius 2 is 1.82 bits per heavy atom. The molecule has 2 aromatic rings. The zero-order chi connectivity index (χ0) is 19.9. The van der Waals surface area contributed by atoms with Gasteiger partial charge in [-0.1, -0.05) is 29.8 Å². The van der Waals surface area contributed by atoms with Crippen molar-refractivity contribution in [2.45, 2.75) is 46.0 Å². The van der Waals surface area contributed by atoms with Crippen LogP contribution in [0.15, 0.2) is 48.0 Å². The van der Waals surface area contributed by atoms with Crippen molar-refractivity contribution in [3.8, 4) is 0 Å². The van der Waals surface area contributed by atoms with Crippen LogP contribution in [0.4, 0.5) is 5.69 Å². The molecular formula is C23H27N3O2.